The zero-order chi connectivity index (χ0) is 16.8. The predicted octanol–water partition coefficient (Wildman–Crippen LogP) is 3.81. The Balaban J connectivity index is 1.86. The first-order chi connectivity index (χ1) is 11.0. The molecule has 0 saturated heterocycles. The van der Waals surface area contributed by atoms with Gasteiger partial charge in [-0.2, -0.15) is 0 Å². The topological polar surface area (TPSA) is 55.4 Å². The average Bonchev–Trinajstić information content (AvgIpc) is 2.88. The lowest BCUT2D eigenvalue weighted by Crippen LogP contribution is -2.24. The maximum Gasteiger partial charge on any atom is 0.305 e. The third-order valence-corrected chi connectivity index (χ3v) is 4.94. The van der Waals surface area contributed by atoms with Crippen molar-refractivity contribution in [2.45, 2.75) is 32.6 Å². The highest BCUT2D eigenvalue weighted by atomic mass is 32.1. The van der Waals surface area contributed by atoms with Crippen LogP contribution in [0.2, 0.25) is 0 Å². The number of methoxy groups -OCH3 is 1. The van der Waals surface area contributed by atoms with E-state index in [0.717, 1.165) is 24.0 Å². The molecule has 0 saturated carbocycles. The molecule has 0 radical (unpaired) electrons. The first kappa shape index (κ1) is 17.4. The van der Waals surface area contributed by atoms with Crippen molar-refractivity contribution in [2.75, 3.05) is 13.7 Å². The van der Waals surface area contributed by atoms with E-state index in [-0.39, 0.29) is 17.7 Å². The van der Waals surface area contributed by atoms with Crippen LogP contribution in [0.15, 0.2) is 18.2 Å². The van der Waals surface area contributed by atoms with E-state index >= 15 is 0 Å². The van der Waals surface area contributed by atoms with E-state index in [0.29, 0.717) is 28.8 Å². The molecule has 1 aromatic carbocycles. The summed E-state index contributed by atoms with van der Waals surface area (Å²) in [4.78, 5) is 23.8. The second kappa shape index (κ2) is 8.06. The minimum atomic E-state index is -0.293. The van der Waals surface area contributed by atoms with Crippen LogP contribution in [0.1, 0.15) is 40.9 Å². The number of fused-ring (bicyclic) bond motifs is 1. The maximum atomic E-state index is 13.8. The first-order valence-corrected chi connectivity index (χ1v) is 8.39. The van der Waals surface area contributed by atoms with Gasteiger partial charge in [-0.05, 0) is 37.5 Å². The van der Waals surface area contributed by atoms with E-state index in [1.54, 1.807) is 13.0 Å². The molecule has 0 atom stereocenters. The molecule has 0 aliphatic heterocycles. The Morgan fingerprint density at radius 2 is 2.04 bits per heavy atom. The third kappa shape index (κ3) is 4.28. The normalized spacial score (nSPS) is 10.7. The fourth-order valence-corrected chi connectivity index (χ4v) is 3.56. The molecule has 1 aromatic heterocycles. The lowest BCUT2D eigenvalue weighted by atomic mass is 10.1. The number of aryl methyl sites for hydroxylation is 1. The predicted molar refractivity (Wildman–Crippen MR) is 89.3 cm³/mol. The summed E-state index contributed by atoms with van der Waals surface area (Å²) in [6.07, 6.45) is 2.78. The molecule has 124 valence electrons. The number of thiophene rings is 1. The van der Waals surface area contributed by atoms with Crippen molar-refractivity contribution in [1.82, 2.24) is 5.32 Å². The van der Waals surface area contributed by atoms with Crippen LogP contribution in [0.3, 0.4) is 0 Å². The van der Waals surface area contributed by atoms with Gasteiger partial charge in [0.15, 0.2) is 0 Å². The van der Waals surface area contributed by atoms with Crippen molar-refractivity contribution in [3.05, 3.63) is 34.5 Å². The second-order valence-corrected chi connectivity index (χ2v) is 6.36. The molecule has 0 unspecified atom stereocenters. The molecular formula is C17H20FNO3S. The zero-order valence-corrected chi connectivity index (χ0v) is 14.1. The van der Waals surface area contributed by atoms with Crippen LogP contribution in [0, 0.1) is 12.7 Å². The minimum Gasteiger partial charge on any atom is -0.469 e. The molecule has 0 fully saturated rings. The van der Waals surface area contributed by atoms with E-state index in [9.17, 15) is 14.0 Å². The average molecular weight is 337 g/mol. The zero-order valence-electron chi connectivity index (χ0n) is 13.3. The van der Waals surface area contributed by atoms with Crippen molar-refractivity contribution in [3.63, 3.8) is 0 Å². The van der Waals surface area contributed by atoms with Gasteiger partial charge < -0.3 is 10.1 Å². The highest BCUT2D eigenvalue weighted by molar-refractivity contribution is 7.21. The van der Waals surface area contributed by atoms with Crippen LogP contribution < -0.4 is 5.32 Å². The maximum absolute atomic E-state index is 13.8. The minimum absolute atomic E-state index is 0.170. The summed E-state index contributed by atoms with van der Waals surface area (Å²) >= 11 is 1.31. The molecule has 1 amide bonds. The Morgan fingerprint density at radius 3 is 2.74 bits per heavy atom. The van der Waals surface area contributed by atoms with Crippen LogP contribution in [0.25, 0.3) is 10.1 Å². The number of benzene rings is 1. The van der Waals surface area contributed by atoms with Gasteiger partial charge in [-0.25, -0.2) is 4.39 Å². The molecule has 0 aliphatic carbocycles. The molecule has 0 spiro atoms. The van der Waals surface area contributed by atoms with Crippen molar-refractivity contribution < 1.29 is 18.7 Å². The number of hydrogen-bond acceptors (Lipinski definition) is 4. The number of halogens is 1. The number of nitrogens with one attached hydrogen (secondary N) is 1. The summed E-state index contributed by atoms with van der Waals surface area (Å²) in [5.74, 6) is -0.675. The fraction of sp³-hybridized carbons (Fsp3) is 0.412. The number of hydrogen-bond donors (Lipinski definition) is 1. The number of rotatable bonds is 7. The molecule has 1 heterocycles. The van der Waals surface area contributed by atoms with Crippen molar-refractivity contribution in [1.29, 1.82) is 0 Å². The van der Waals surface area contributed by atoms with Crippen LogP contribution in [-0.4, -0.2) is 25.5 Å². The summed E-state index contributed by atoms with van der Waals surface area (Å²) in [5.41, 5.74) is 0.686. The second-order valence-electron chi connectivity index (χ2n) is 5.31. The highest BCUT2D eigenvalue weighted by Gasteiger charge is 2.17. The number of carbonyl (C=O) groups is 2. The number of unbranched alkanes of at least 4 members (excludes halogenated alkanes) is 2. The highest BCUT2D eigenvalue weighted by Crippen LogP contribution is 2.32. The van der Waals surface area contributed by atoms with Gasteiger partial charge in [0.2, 0.25) is 0 Å². The van der Waals surface area contributed by atoms with Gasteiger partial charge in [-0.1, -0.05) is 12.5 Å². The monoisotopic (exact) mass is 337 g/mol. The van der Waals surface area contributed by atoms with Gasteiger partial charge in [0.25, 0.3) is 5.91 Å². The van der Waals surface area contributed by atoms with Crippen molar-refractivity contribution in [2.24, 2.45) is 0 Å². The van der Waals surface area contributed by atoms with Crippen LogP contribution >= 0.6 is 11.3 Å². The van der Waals surface area contributed by atoms with Crippen LogP contribution in [-0.2, 0) is 9.53 Å². The van der Waals surface area contributed by atoms with Gasteiger partial charge >= 0.3 is 5.97 Å². The van der Waals surface area contributed by atoms with Gasteiger partial charge in [-0.15, -0.1) is 11.3 Å². The summed E-state index contributed by atoms with van der Waals surface area (Å²) < 4.78 is 19.2. The fourth-order valence-electron chi connectivity index (χ4n) is 2.43. The molecular weight excluding hydrogens is 317 g/mol. The molecule has 6 heteroatoms. The van der Waals surface area contributed by atoms with Crippen molar-refractivity contribution >= 4 is 33.3 Å². The van der Waals surface area contributed by atoms with E-state index < -0.39 is 0 Å². The molecule has 4 nitrogen and oxygen atoms in total. The summed E-state index contributed by atoms with van der Waals surface area (Å²) in [6, 6.07) is 4.88. The van der Waals surface area contributed by atoms with Gasteiger partial charge in [0, 0.05) is 23.1 Å². The standard InChI is InChI=1S/C17H20FNO3S/c1-11-15-12(18)7-6-8-13(15)23-16(11)17(21)19-10-5-3-4-9-14(20)22-2/h6-8H,3-5,9-10H2,1-2H3,(H,19,21). The SMILES string of the molecule is COC(=O)CCCCCNC(=O)c1sc2cccc(F)c2c1C. The lowest BCUT2D eigenvalue weighted by Gasteiger charge is -2.04. The van der Waals surface area contributed by atoms with Gasteiger partial charge in [0.05, 0.1) is 12.0 Å². The number of esters is 1. The summed E-state index contributed by atoms with van der Waals surface area (Å²) in [7, 11) is 1.37. The number of amides is 1. The van der Waals surface area contributed by atoms with Gasteiger partial charge in [0.1, 0.15) is 5.82 Å². The number of carbonyl (C=O) groups excluding carboxylic acids is 2. The summed E-state index contributed by atoms with van der Waals surface area (Å²) in [5, 5.41) is 3.38. The Kier molecular flexibility index (Phi) is 6.10. The van der Waals surface area contributed by atoms with Crippen molar-refractivity contribution in [3.8, 4) is 0 Å². The molecule has 0 bridgehead atoms. The molecule has 23 heavy (non-hydrogen) atoms. The van der Waals surface area contributed by atoms with Crippen LogP contribution in [0.4, 0.5) is 4.39 Å². The Bertz CT molecular complexity index is 711. The van der Waals surface area contributed by atoms with E-state index in [2.05, 4.69) is 10.1 Å². The lowest BCUT2D eigenvalue weighted by molar-refractivity contribution is -0.140. The Hall–Kier alpha value is -1.95. The Labute approximate surface area is 138 Å². The largest absolute Gasteiger partial charge is 0.469 e. The quantitative estimate of drug-likeness (QED) is 0.617. The number of ether oxygens (including phenoxy) is 1. The smallest absolute Gasteiger partial charge is 0.305 e. The summed E-state index contributed by atoms with van der Waals surface area (Å²) in [6.45, 7) is 2.31. The van der Waals surface area contributed by atoms with E-state index in [1.807, 2.05) is 6.07 Å². The third-order valence-electron chi connectivity index (χ3n) is 3.68. The van der Waals surface area contributed by atoms with Crippen LogP contribution in [0.5, 0.6) is 0 Å². The molecule has 0 aliphatic rings. The molecule has 2 rings (SSSR count). The first-order valence-electron chi connectivity index (χ1n) is 7.57. The van der Waals surface area contributed by atoms with E-state index in [1.165, 1.54) is 24.5 Å². The van der Waals surface area contributed by atoms with Gasteiger partial charge in [-0.3, -0.25) is 9.59 Å². The van der Waals surface area contributed by atoms with E-state index in [4.69, 9.17) is 0 Å². The Morgan fingerprint density at radius 1 is 1.26 bits per heavy atom. The molecule has 1 N–H and O–H groups in total. The molecule has 2 aromatic rings.